The molecule has 0 saturated carbocycles. The van der Waals surface area contributed by atoms with E-state index in [1.54, 1.807) is 0 Å². The lowest BCUT2D eigenvalue weighted by atomic mass is 10.1. The summed E-state index contributed by atoms with van der Waals surface area (Å²) in [6, 6.07) is 7.73. The van der Waals surface area contributed by atoms with Gasteiger partial charge in [0.15, 0.2) is 5.82 Å². The molecule has 0 aliphatic heterocycles. The number of nitrogens with one attached hydrogen (secondary N) is 2. The Kier molecular flexibility index (Phi) is 4.79. The van der Waals surface area contributed by atoms with Crippen molar-refractivity contribution >= 4 is 23.3 Å². The molecule has 1 aromatic carbocycles. The maximum atomic E-state index is 11.8. The van der Waals surface area contributed by atoms with Crippen molar-refractivity contribution < 1.29 is 4.79 Å². The molecule has 2 aromatic rings. The first-order chi connectivity index (χ1) is 9.58. The van der Waals surface area contributed by atoms with Crippen LogP contribution in [0.1, 0.15) is 30.2 Å². The Morgan fingerprint density at radius 2 is 2.20 bits per heavy atom. The van der Waals surface area contributed by atoms with Crippen LogP contribution < -0.4 is 5.32 Å². The van der Waals surface area contributed by atoms with Gasteiger partial charge in [-0.2, -0.15) is 5.10 Å². The molecule has 5 heteroatoms. The molecule has 4 nitrogen and oxygen atoms in total. The highest BCUT2D eigenvalue weighted by atomic mass is 35.5. The molecule has 0 bridgehead atoms. The van der Waals surface area contributed by atoms with Gasteiger partial charge in [0.25, 0.3) is 0 Å². The smallest absolute Gasteiger partial charge is 0.225 e. The number of aryl methyl sites for hydroxylation is 3. The molecule has 0 aliphatic rings. The molecule has 1 amide bonds. The number of carbonyl (C=O) groups excluding carboxylic acids is 1. The Labute approximate surface area is 123 Å². The van der Waals surface area contributed by atoms with Gasteiger partial charge in [-0.3, -0.25) is 9.89 Å². The van der Waals surface area contributed by atoms with E-state index in [-0.39, 0.29) is 5.91 Å². The minimum absolute atomic E-state index is 0.0455. The Morgan fingerprint density at radius 3 is 2.85 bits per heavy atom. The first-order valence-electron chi connectivity index (χ1n) is 6.67. The number of nitrogens with zero attached hydrogens (tertiary/aromatic N) is 1. The predicted octanol–water partition coefficient (Wildman–Crippen LogP) is 3.51. The molecule has 0 saturated heterocycles. The second-order valence-corrected chi connectivity index (χ2v) is 5.17. The molecule has 0 aliphatic carbocycles. The van der Waals surface area contributed by atoms with Crippen molar-refractivity contribution in [3.8, 4) is 0 Å². The van der Waals surface area contributed by atoms with Crippen LogP contribution in [0.4, 0.5) is 5.82 Å². The highest BCUT2D eigenvalue weighted by Gasteiger charge is 2.06. The first kappa shape index (κ1) is 14.6. The zero-order valence-electron chi connectivity index (χ0n) is 11.7. The predicted molar refractivity (Wildman–Crippen MR) is 81.1 cm³/mol. The number of carbonyl (C=O) groups is 1. The van der Waals surface area contributed by atoms with Crippen LogP contribution in [-0.4, -0.2) is 16.1 Å². The molecule has 1 aromatic heterocycles. The molecule has 0 spiro atoms. The molecule has 0 unspecified atom stereocenters. The fourth-order valence-corrected chi connectivity index (χ4v) is 2.06. The molecule has 106 valence electrons. The Hall–Kier alpha value is -1.81. The summed E-state index contributed by atoms with van der Waals surface area (Å²) in [6.45, 7) is 3.99. The van der Waals surface area contributed by atoms with Crippen molar-refractivity contribution in [3.05, 3.63) is 46.1 Å². The number of H-pyrrole nitrogens is 1. The number of hydrogen-bond donors (Lipinski definition) is 2. The average molecular weight is 292 g/mol. The summed E-state index contributed by atoms with van der Waals surface area (Å²) in [6.07, 6.45) is 1.94. The molecule has 2 rings (SSSR count). The summed E-state index contributed by atoms with van der Waals surface area (Å²) < 4.78 is 0. The van der Waals surface area contributed by atoms with Gasteiger partial charge in [-0.05, 0) is 37.0 Å². The third-order valence-corrected chi connectivity index (χ3v) is 3.56. The Balaban J connectivity index is 1.87. The van der Waals surface area contributed by atoms with Gasteiger partial charge in [0.2, 0.25) is 5.91 Å². The zero-order chi connectivity index (χ0) is 14.5. The highest BCUT2D eigenvalue weighted by molar-refractivity contribution is 6.31. The number of amides is 1. The fraction of sp³-hybridized carbons (Fsp3) is 0.333. The van der Waals surface area contributed by atoms with E-state index in [0.717, 1.165) is 28.3 Å². The van der Waals surface area contributed by atoms with Crippen molar-refractivity contribution in [3.63, 3.8) is 0 Å². The van der Waals surface area contributed by atoms with E-state index in [1.807, 2.05) is 38.1 Å². The van der Waals surface area contributed by atoms with Crippen molar-refractivity contribution in [2.24, 2.45) is 0 Å². The van der Waals surface area contributed by atoms with Gasteiger partial charge < -0.3 is 5.32 Å². The second kappa shape index (κ2) is 6.57. The number of rotatable bonds is 5. The molecule has 20 heavy (non-hydrogen) atoms. The van der Waals surface area contributed by atoms with Crippen LogP contribution >= 0.6 is 11.6 Å². The molecule has 2 N–H and O–H groups in total. The summed E-state index contributed by atoms with van der Waals surface area (Å²) in [5, 5.41) is 10.4. The molecule has 0 radical (unpaired) electrons. The van der Waals surface area contributed by atoms with Gasteiger partial charge >= 0.3 is 0 Å². The minimum atomic E-state index is -0.0455. The van der Waals surface area contributed by atoms with E-state index >= 15 is 0 Å². The first-order valence-corrected chi connectivity index (χ1v) is 7.05. The Bertz CT molecular complexity index is 607. The zero-order valence-corrected chi connectivity index (χ0v) is 12.4. The third kappa shape index (κ3) is 3.84. The number of halogens is 1. The van der Waals surface area contributed by atoms with E-state index in [4.69, 9.17) is 11.6 Å². The van der Waals surface area contributed by atoms with Gasteiger partial charge in [0.1, 0.15) is 0 Å². The molecular formula is C15H18ClN3O. The van der Waals surface area contributed by atoms with Crippen molar-refractivity contribution in [1.29, 1.82) is 0 Å². The normalized spacial score (nSPS) is 10.6. The lowest BCUT2D eigenvalue weighted by Gasteiger charge is -2.04. The second-order valence-electron chi connectivity index (χ2n) is 4.76. The lowest BCUT2D eigenvalue weighted by molar-refractivity contribution is -0.116. The van der Waals surface area contributed by atoms with Gasteiger partial charge in [0.05, 0.1) is 0 Å². The average Bonchev–Trinajstić information content (AvgIpc) is 2.88. The number of aromatic nitrogens is 2. The summed E-state index contributed by atoms with van der Waals surface area (Å²) in [4.78, 5) is 11.8. The van der Waals surface area contributed by atoms with E-state index in [1.165, 1.54) is 0 Å². The topological polar surface area (TPSA) is 57.8 Å². The summed E-state index contributed by atoms with van der Waals surface area (Å²) in [5.41, 5.74) is 3.11. The lowest BCUT2D eigenvalue weighted by Crippen LogP contribution is -2.12. The minimum Gasteiger partial charge on any atom is -0.309 e. The largest absolute Gasteiger partial charge is 0.309 e. The van der Waals surface area contributed by atoms with E-state index in [0.29, 0.717) is 18.7 Å². The number of benzene rings is 1. The molecular weight excluding hydrogens is 274 g/mol. The maximum Gasteiger partial charge on any atom is 0.225 e. The monoisotopic (exact) mass is 291 g/mol. The number of hydrogen-bond acceptors (Lipinski definition) is 2. The molecule has 1 heterocycles. The summed E-state index contributed by atoms with van der Waals surface area (Å²) >= 11 is 6.06. The maximum absolute atomic E-state index is 11.8. The van der Waals surface area contributed by atoms with Crippen LogP contribution in [0.25, 0.3) is 0 Å². The van der Waals surface area contributed by atoms with Crippen LogP contribution in [0, 0.1) is 6.92 Å². The van der Waals surface area contributed by atoms with Gasteiger partial charge in [0, 0.05) is 23.2 Å². The third-order valence-electron chi connectivity index (χ3n) is 3.16. The van der Waals surface area contributed by atoms with Gasteiger partial charge in [-0.15, -0.1) is 0 Å². The van der Waals surface area contributed by atoms with Crippen LogP contribution in [0.3, 0.4) is 0 Å². The van der Waals surface area contributed by atoms with Gasteiger partial charge in [-0.1, -0.05) is 30.7 Å². The summed E-state index contributed by atoms with van der Waals surface area (Å²) in [5.74, 6) is 0.532. The van der Waals surface area contributed by atoms with E-state index in [2.05, 4.69) is 15.5 Å². The Morgan fingerprint density at radius 1 is 1.40 bits per heavy atom. The van der Waals surface area contributed by atoms with Crippen molar-refractivity contribution in [2.45, 2.75) is 33.1 Å². The van der Waals surface area contributed by atoms with E-state index in [9.17, 15) is 4.79 Å². The quantitative estimate of drug-likeness (QED) is 0.886. The number of aromatic amines is 1. The van der Waals surface area contributed by atoms with Crippen LogP contribution in [0.5, 0.6) is 0 Å². The van der Waals surface area contributed by atoms with Crippen LogP contribution in [-0.2, 0) is 17.6 Å². The van der Waals surface area contributed by atoms with Gasteiger partial charge in [-0.25, -0.2) is 0 Å². The highest BCUT2D eigenvalue weighted by Crippen LogP contribution is 2.17. The van der Waals surface area contributed by atoms with Crippen LogP contribution in [0.2, 0.25) is 5.02 Å². The van der Waals surface area contributed by atoms with E-state index < -0.39 is 0 Å². The standard InChI is InChI=1S/C15H18ClN3O/c1-3-12-9-14(19-18-12)17-15(20)7-6-11-5-4-10(2)13(16)8-11/h4-5,8-9H,3,6-7H2,1-2H3,(H2,17,18,19,20). The summed E-state index contributed by atoms with van der Waals surface area (Å²) in [7, 11) is 0. The fourth-order valence-electron chi connectivity index (χ4n) is 1.86. The van der Waals surface area contributed by atoms with Crippen molar-refractivity contribution in [1.82, 2.24) is 10.2 Å². The molecule has 0 atom stereocenters. The number of anilines is 1. The van der Waals surface area contributed by atoms with Crippen molar-refractivity contribution in [2.75, 3.05) is 5.32 Å². The SMILES string of the molecule is CCc1cc(NC(=O)CCc2ccc(C)c(Cl)c2)n[nH]1. The molecule has 0 fully saturated rings. The van der Waals surface area contributed by atoms with Crippen LogP contribution in [0.15, 0.2) is 24.3 Å².